The highest BCUT2D eigenvalue weighted by Crippen LogP contribution is 2.26. The number of aliphatic hydroxyl groups excluding tert-OH is 2. The number of ether oxygens (including phenoxy) is 2. The van der Waals surface area contributed by atoms with Crippen LogP contribution in [0.1, 0.15) is 46.0 Å². The van der Waals surface area contributed by atoms with Gasteiger partial charge in [0.05, 0.1) is 6.61 Å². The van der Waals surface area contributed by atoms with Crippen molar-refractivity contribution < 1.29 is 51.2 Å². The fourth-order valence-corrected chi connectivity index (χ4v) is 3.93. The number of nitrogens with one attached hydrogen (secondary N) is 3. The fraction of sp³-hybridized carbons (Fsp3) is 0.609. The molecule has 0 saturated carbocycles. The standard InChI is InChI=1S/C23H35N3O11S/c1-3-4-5-6-18(28)24-12-11-19(29)26-15-7-9-16(10-8-15)36-23-20(25-14(2)27)22(31)21(30)17(37-23)13-35-38(32,33)34/h7-10,17,20-23,30-31H,3-6,11-13H2,1-2H3,(H,24,28)(H,25,27)(H,26,29)(H,32,33,34). The van der Waals surface area contributed by atoms with E-state index in [4.69, 9.17) is 14.0 Å². The Balaban J connectivity index is 1.95. The summed E-state index contributed by atoms with van der Waals surface area (Å²) >= 11 is 0. The molecular formula is C23H35N3O11S. The summed E-state index contributed by atoms with van der Waals surface area (Å²) in [6.07, 6.45) is -2.81. The third-order valence-corrected chi connectivity index (χ3v) is 5.96. The Kier molecular flexibility index (Phi) is 12.3. The molecule has 1 aromatic rings. The van der Waals surface area contributed by atoms with E-state index in [9.17, 15) is 33.0 Å². The van der Waals surface area contributed by atoms with Crippen molar-refractivity contribution in [1.82, 2.24) is 10.6 Å². The van der Waals surface area contributed by atoms with Crippen molar-refractivity contribution in [3.63, 3.8) is 0 Å². The fourth-order valence-electron chi connectivity index (χ4n) is 3.62. The van der Waals surface area contributed by atoms with E-state index in [1.807, 2.05) is 6.92 Å². The number of hydrogen-bond donors (Lipinski definition) is 6. The van der Waals surface area contributed by atoms with Crippen LogP contribution in [0.3, 0.4) is 0 Å². The van der Waals surface area contributed by atoms with E-state index in [0.717, 1.165) is 19.3 Å². The summed E-state index contributed by atoms with van der Waals surface area (Å²) in [5.74, 6) is -0.769. The molecule has 3 amide bonds. The summed E-state index contributed by atoms with van der Waals surface area (Å²) in [4.78, 5) is 35.5. The maximum Gasteiger partial charge on any atom is 0.397 e. The van der Waals surface area contributed by atoms with Gasteiger partial charge in [0.15, 0.2) is 0 Å². The van der Waals surface area contributed by atoms with Crippen molar-refractivity contribution in [2.24, 2.45) is 0 Å². The molecule has 14 nitrogen and oxygen atoms in total. The first-order chi connectivity index (χ1) is 17.9. The Labute approximate surface area is 221 Å². The van der Waals surface area contributed by atoms with Crippen molar-refractivity contribution in [2.45, 2.75) is 76.6 Å². The first-order valence-electron chi connectivity index (χ1n) is 12.1. The minimum Gasteiger partial charge on any atom is -0.463 e. The number of benzene rings is 1. The Morgan fingerprint density at radius 1 is 1.03 bits per heavy atom. The van der Waals surface area contributed by atoms with Crippen LogP contribution in [0.25, 0.3) is 0 Å². The number of carbonyl (C=O) groups excluding carboxylic acids is 3. The van der Waals surface area contributed by atoms with Crippen molar-refractivity contribution >= 4 is 33.8 Å². The number of hydrogen-bond acceptors (Lipinski definition) is 10. The van der Waals surface area contributed by atoms with E-state index < -0.39 is 53.6 Å². The van der Waals surface area contributed by atoms with Gasteiger partial charge < -0.3 is 35.6 Å². The van der Waals surface area contributed by atoms with Gasteiger partial charge in [-0.05, 0) is 30.7 Å². The molecule has 0 radical (unpaired) electrons. The number of anilines is 1. The molecule has 1 saturated heterocycles. The van der Waals surface area contributed by atoms with E-state index in [1.54, 1.807) is 0 Å². The lowest BCUT2D eigenvalue weighted by atomic mass is 9.97. The molecule has 1 aromatic carbocycles. The van der Waals surface area contributed by atoms with Crippen molar-refractivity contribution in [1.29, 1.82) is 0 Å². The second-order valence-electron chi connectivity index (χ2n) is 8.71. The van der Waals surface area contributed by atoms with Gasteiger partial charge in [-0.1, -0.05) is 19.8 Å². The van der Waals surface area contributed by atoms with Crippen LogP contribution >= 0.6 is 0 Å². The highest BCUT2D eigenvalue weighted by molar-refractivity contribution is 7.80. The third kappa shape index (κ3) is 10.9. The average molecular weight is 562 g/mol. The smallest absolute Gasteiger partial charge is 0.397 e. The van der Waals surface area contributed by atoms with E-state index in [1.165, 1.54) is 31.2 Å². The Morgan fingerprint density at radius 3 is 2.32 bits per heavy atom. The molecule has 1 aliphatic heterocycles. The Morgan fingerprint density at radius 2 is 1.71 bits per heavy atom. The van der Waals surface area contributed by atoms with Crippen LogP contribution in [-0.4, -0.2) is 84.7 Å². The summed E-state index contributed by atoms with van der Waals surface area (Å²) in [5.41, 5.74) is 0.439. The van der Waals surface area contributed by atoms with E-state index >= 15 is 0 Å². The molecule has 0 aromatic heterocycles. The van der Waals surface area contributed by atoms with Crippen LogP contribution < -0.4 is 20.7 Å². The summed E-state index contributed by atoms with van der Waals surface area (Å²) in [5, 5.41) is 28.5. The number of amides is 3. The van der Waals surface area contributed by atoms with Crippen LogP contribution in [0.5, 0.6) is 5.75 Å². The Bertz CT molecular complexity index is 1040. The molecule has 1 heterocycles. The summed E-state index contributed by atoms with van der Waals surface area (Å²) < 4.78 is 46.0. The van der Waals surface area contributed by atoms with Gasteiger partial charge in [0.25, 0.3) is 0 Å². The maximum atomic E-state index is 12.2. The monoisotopic (exact) mass is 561 g/mol. The zero-order valence-corrected chi connectivity index (χ0v) is 22.0. The summed E-state index contributed by atoms with van der Waals surface area (Å²) in [6, 6.07) is 4.76. The minimum atomic E-state index is -4.84. The topological polar surface area (TPSA) is 210 Å². The zero-order chi connectivity index (χ0) is 28.3. The maximum absolute atomic E-state index is 12.2. The van der Waals surface area contributed by atoms with Gasteiger partial charge in [-0.2, -0.15) is 8.42 Å². The van der Waals surface area contributed by atoms with Crippen LogP contribution in [0.2, 0.25) is 0 Å². The van der Waals surface area contributed by atoms with Crippen LogP contribution in [0, 0.1) is 0 Å². The second-order valence-corrected chi connectivity index (χ2v) is 9.80. The number of rotatable bonds is 14. The minimum absolute atomic E-state index is 0.0827. The molecule has 0 bridgehead atoms. The van der Waals surface area contributed by atoms with Crippen LogP contribution in [0.4, 0.5) is 5.69 Å². The second kappa shape index (κ2) is 14.9. The molecule has 1 aliphatic rings. The number of unbranched alkanes of at least 4 members (excludes halogenated alkanes) is 2. The van der Waals surface area contributed by atoms with Gasteiger partial charge >= 0.3 is 10.4 Å². The van der Waals surface area contributed by atoms with Crippen molar-refractivity contribution in [2.75, 3.05) is 18.5 Å². The first kappa shape index (κ1) is 31.4. The molecule has 1 fully saturated rings. The molecular weight excluding hydrogens is 526 g/mol. The van der Waals surface area contributed by atoms with Gasteiger partial charge in [0.1, 0.15) is 30.1 Å². The quantitative estimate of drug-likeness (QED) is 0.130. The lowest BCUT2D eigenvalue weighted by Crippen LogP contribution is -2.65. The molecule has 0 aliphatic carbocycles. The third-order valence-electron chi connectivity index (χ3n) is 5.52. The largest absolute Gasteiger partial charge is 0.463 e. The molecule has 0 spiro atoms. The molecule has 5 atom stereocenters. The van der Waals surface area contributed by atoms with Gasteiger partial charge in [0, 0.05) is 32.0 Å². The first-order valence-corrected chi connectivity index (χ1v) is 13.5. The van der Waals surface area contributed by atoms with E-state index in [0.29, 0.717) is 12.1 Å². The molecule has 5 unspecified atom stereocenters. The number of carbonyl (C=O) groups is 3. The van der Waals surface area contributed by atoms with Crippen molar-refractivity contribution in [3.05, 3.63) is 24.3 Å². The highest BCUT2D eigenvalue weighted by atomic mass is 32.3. The van der Waals surface area contributed by atoms with E-state index in [-0.39, 0.29) is 30.5 Å². The van der Waals surface area contributed by atoms with Crippen molar-refractivity contribution in [3.8, 4) is 5.75 Å². The predicted octanol–water partition coefficient (Wildman–Crippen LogP) is -0.139. The van der Waals surface area contributed by atoms with Gasteiger partial charge in [-0.3, -0.25) is 18.9 Å². The Hall–Kier alpha value is -2.82. The predicted molar refractivity (Wildman–Crippen MR) is 133 cm³/mol. The molecule has 2 rings (SSSR count). The normalized spacial score (nSPS) is 23.3. The lowest BCUT2D eigenvalue weighted by Gasteiger charge is -2.42. The summed E-state index contributed by atoms with van der Waals surface area (Å²) in [7, 11) is -4.84. The molecule has 15 heteroatoms. The van der Waals surface area contributed by atoms with Crippen LogP contribution in [-0.2, 0) is 33.7 Å². The summed E-state index contributed by atoms with van der Waals surface area (Å²) in [6.45, 7) is 2.61. The van der Waals surface area contributed by atoms with Gasteiger partial charge in [-0.15, -0.1) is 0 Å². The molecule has 6 N–H and O–H groups in total. The molecule has 214 valence electrons. The SMILES string of the molecule is CCCCCC(=O)NCCC(=O)Nc1ccc(OC2OC(COS(=O)(=O)O)C(O)C(O)C2NC(C)=O)cc1. The average Bonchev–Trinajstić information content (AvgIpc) is 2.83. The van der Waals surface area contributed by atoms with Crippen LogP contribution in [0.15, 0.2) is 24.3 Å². The van der Waals surface area contributed by atoms with E-state index in [2.05, 4.69) is 20.1 Å². The molecule has 38 heavy (non-hydrogen) atoms. The van der Waals surface area contributed by atoms with Gasteiger partial charge in [-0.25, -0.2) is 4.18 Å². The highest BCUT2D eigenvalue weighted by Gasteiger charge is 2.46. The lowest BCUT2D eigenvalue weighted by molar-refractivity contribution is -0.242. The van der Waals surface area contributed by atoms with Gasteiger partial charge in [0.2, 0.25) is 24.0 Å². The number of aliphatic hydroxyl groups is 2. The zero-order valence-electron chi connectivity index (χ0n) is 21.2.